The van der Waals surface area contributed by atoms with E-state index >= 15 is 0 Å². The molecule has 0 bridgehead atoms. The molecule has 1 nitrogen and oxygen atoms in total. The van der Waals surface area contributed by atoms with Crippen molar-refractivity contribution >= 4 is 39.9 Å². The maximum atomic E-state index is 3.91. The molecule has 2 aliphatic carbocycles. The van der Waals surface area contributed by atoms with E-state index in [2.05, 4.69) is 137 Å². The third-order valence-corrected chi connectivity index (χ3v) is 8.27. The normalized spacial score (nSPS) is 18.3. The molecule has 0 amide bonds. The lowest BCUT2D eigenvalue weighted by atomic mass is 9.81. The van der Waals surface area contributed by atoms with E-state index in [0.717, 1.165) is 17.8 Å². The Labute approximate surface area is 226 Å². The van der Waals surface area contributed by atoms with Crippen molar-refractivity contribution < 1.29 is 0 Å². The van der Waals surface area contributed by atoms with E-state index in [1.165, 1.54) is 54.6 Å². The third-order valence-electron chi connectivity index (χ3n) is 8.27. The van der Waals surface area contributed by atoms with Gasteiger partial charge in [-0.15, -0.1) is 0 Å². The predicted octanol–water partition coefficient (Wildman–Crippen LogP) is 8.64. The Kier molecular flexibility index (Phi) is 5.95. The summed E-state index contributed by atoms with van der Waals surface area (Å²) in [6.45, 7) is 13.0. The molecule has 0 saturated heterocycles. The number of anilines is 2. The van der Waals surface area contributed by atoms with Crippen molar-refractivity contribution in [2.75, 3.05) is 5.32 Å². The summed E-state index contributed by atoms with van der Waals surface area (Å²) < 4.78 is 0. The minimum atomic E-state index is -0.0833. The van der Waals surface area contributed by atoms with Crippen molar-refractivity contribution in [1.29, 1.82) is 0 Å². The lowest BCUT2D eigenvalue weighted by Crippen LogP contribution is -2.23. The number of nitrogens with one attached hydrogen (secondary N) is 1. The molecule has 6 rings (SSSR count). The second-order valence-electron chi connectivity index (χ2n) is 11.2. The third kappa shape index (κ3) is 4.03. The van der Waals surface area contributed by atoms with E-state index in [4.69, 9.17) is 0 Å². The standard InChI is InChI=1S/C37H35N/c1-6-11-26-20-29-22-34-33(21-28(29)19-25(26)7-2)32-17-16-30(23-35(32)37(34,4)5)38-36-15-9-8-14-31(36)27-13-10-12-24(3)18-27/h6-17,19-24,38H,1,18H2,2-5H3/b25-7-,26-11-/t24-/m0/s1. The van der Waals surface area contributed by atoms with Crippen LogP contribution in [0.2, 0.25) is 0 Å². The second-order valence-corrected chi connectivity index (χ2v) is 11.2. The van der Waals surface area contributed by atoms with Gasteiger partial charge in [-0.2, -0.15) is 0 Å². The van der Waals surface area contributed by atoms with Gasteiger partial charge in [0.15, 0.2) is 0 Å². The summed E-state index contributed by atoms with van der Waals surface area (Å²) in [7, 11) is 0. The fourth-order valence-corrected chi connectivity index (χ4v) is 6.24. The minimum Gasteiger partial charge on any atom is -0.355 e. The van der Waals surface area contributed by atoms with Crippen LogP contribution in [0, 0.1) is 5.92 Å². The molecule has 4 aromatic rings. The van der Waals surface area contributed by atoms with Crippen molar-refractivity contribution in [1.82, 2.24) is 0 Å². The number of para-hydroxylation sites is 1. The second kappa shape index (κ2) is 9.33. The fourth-order valence-electron chi connectivity index (χ4n) is 6.24. The molecule has 188 valence electrons. The van der Waals surface area contributed by atoms with Gasteiger partial charge in [0.25, 0.3) is 0 Å². The molecule has 0 radical (unpaired) electrons. The molecule has 4 aromatic carbocycles. The summed E-state index contributed by atoms with van der Waals surface area (Å²) in [6.07, 6.45) is 13.9. The molecule has 2 aliphatic rings. The van der Waals surface area contributed by atoms with Crippen LogP contribution in [0.25, 0.3) is 39.6 Å². The van der Waals surface area contributed by atoms with Gasteiger partial charge in [0, 0.05) is 22.4 Å². The SMILES string of the molecule is C=C/C=c1/cc2cc3c(cc2c/c1=C/C)-c1ccc(Nc2ccccc2C2=CC=C[C@H](C)C2)cc1C3(C)C. The minimum absolute atomic E-state index is 0.0833. The van der Waals surface area contributed by atoms with Gasteiger partial charge in [0.2, 0.25) is 0 Å². The smallest absolute Gasteiger partial charge is 0.0460 e. The quantitative estimate of drug-likeness (QED) is 0.300. The average Bonchev–Trinajstić information content (AvgIpc) is 3.13. The number of allylic oxidation sites excluding steroid dienone is 5. The van der Waals surface area contributed by atoms with Crippen LogP contribution in [0.1, 0.15) is 50.8 Å². The van der Waals surface area contributed by atoms with Crippen LogP contribution in [0.3, 0.4) is 0 Å². The highest BCUT2D eigenvalue weighted by Gasteiger charge is 2.36. The Bertz CT molecular complexity index is 1780. The zero-order chi connectivity index (χ0) is 26.4. The molecule has 0 spiro atoms. The molecule has 0 heterocycles. The first kappa shape index (κ1) is 24.2. The highest BCUT2D eigenvalue weighted by molar-refractivity contribution is 5.94. The fraction of sp³-hybridized carbons (Fsp3) is 0.189. The molecule has 1 heteroatoms. The van der Waals surface area contributed by atoms with Gasteiger partial charge in [-0.3, -0.25) is 0 Å². The highest BCUT2D eigenvalue weighted by atomic mass is 14.9. The van der Waals surface area contributed by atoms with Gasteiger partial charge < -0.3 is 5.32 Å². The largest absolute Gasteiger partial charge is 0.355 e. The van der Waals surface area contributed by atoms with Crippen LogP contribution in [0.5, 0.6) is 0 Å². The monoisotopic (exact) mass is 493 g/mol. The summed E-state index contributed by atoms with van der Waals surface area (Å²) in [6, 6.07) is 25.0. The predicted molar refractivity (Wildman–Crippen MR) is 166 cm³/mol. The number of fused-ring (bicyclic) bond motifs is 4. The summed E-state index contributed by atoms with van der Waals surface area (Å²) in [4.78, 5) is 0. The highest BCUT2D eigenvalue weighted by Crippen LogP contribution is 2.50. The van der Waals surface area contributed by atoms with Gasteiger partial charge >= 0.3 is 0 Å². The van der Waals surface area contributed by atoms with Crippen LogP contribution in [-0.2, 0) is 5.41 Å². The lowest BCUT2D eigenvalue weighted by Gasteiger charge is -2.23. The van der Waals surface area contributed by atoms with E-state index in [1.54, 1.807) is 0 Å². The van der Waals surface area contributed by atoms with Crippen molar-refractivity contribution in [3.8, 4) is 11.1 Å². The first-order chi connectivity index (χ1) is 18.4. The Morgan fingerprint density at radius 1 is 0.868 bits per heavy atom. The zero-order valence-electron chi connectivity index (χ0n) is 22.8. The summed E-state index contributed by atoms with van der Waals surface area (Å²) in [5.41, 5.74) is 10.3. The first-order valence-electron chi connectivity index (χ1n) is 13.6. The molecule has 0 unspecified atom stereocenters. The van der Waals surface area contributed by atoms with Crippen LogP contribution < -0.4 is 15.8 Å². The Morgan fingerprint density at radius 2 is 1.63 bits per heavy atom. The van der Waals surface area contributed by atoms with Crippen LogP contribution >= 0.6 is 0 Å². The van der Waals surface area contributed by atoms with Crippen molar-refractivity contribution in [3.63, 3.8) is 0 Å². The lowest BCUT2D eigenvalue weighted by molar-refractivity contribution is 0.661. The summed E-state index contributed by atoms with van der Waals surface area (Å²) in [5.74, 6) is 0.565. The number of rotatable bonds is 4. The molecule has 1 N–H and O–H groups in total. The topological polar surface area (TPSA) is 12.0 Å². The molecule has 0 aliphatic heterocycles. The Morgan fingerprint density at radius 3 is 2.42 bits per heavy atom. The Hall–Kier alpha value is -4.10. The van der Waals surface area contributed by atoms with Gasteiger partial charge in [-0.05, 0) is 111 Å². The van der Waals surface area contributed by atoms with E-state index in [1.807, 2.05) is 6.08 Å². The first-order valence-corrected chi connectivity index (χ1v) is 13.6. The van der Waals surface area contributed by atoms with Crippen LogP contribution in [-0.4, -0.2) is 0 Å². The van der Waals surface area contributed by atoms with E-state index < -0.39 is 0 Å². The molecule has 0 aromatic heterocycles. The van der Waals surface area contributed by atoms with E-state index in [9.17, 15) is 0 Å². The number of benzene rings is 4. The summed E-state index contributed by atoms with van der Waals surface area (Å²) in [5, 5.41) is 8.78. The summed E-state index contributed by atoms with van der Waals surface area (Å²) >= 11 is 0. The maximum absolute atomic E-state index is 3.91. The molecule has 0 fully saturated rings. The van der Waals surface area contributed by atoms with E-state index in [0.29, 0.717) is 5.92 Å². The van der Waals surface area contributed by atoms with Crippen LogP contribution in [0.4, 0.5) is 11.4 Å². The number of hydrogen-bond acceptors (Lipinski definition) is 1. The van der Waals surface area contributed by atoms with Gasteiger partial charge in [0.05, 0.1) is 0 Å². The molecule has 38 heavy (non-hydrogen) atoms. The van der Waals surface area contributed by atoms with Gasteiger partial charge in [-0.1, -0.05) is 88.1 Å². The van der Waals surface area contributed by atoms with Crippen LogP contribution in [0.15, 0.2) is 97.6 Å². The number of hydrogen-bond donors (Lipinski definition) is 1. The molecule has 1 atom stereocenters. The maximum Gasteiger partial charge on any atom is 0.0460 e. The van der Waals surface area contributed by atoms with Crippen molar-refractivity contribution in [3.05, 3.63) is 125 Å². The van der Waals surface area contributed by atoms with Crippen molar-refractivity contribution in [2.24, 2.45) is 5.92 Å². The molecule has 0 saturated carbocycles. The van der Waals surface area contributed by atoms with Gasteiger partial charge in [-0.25, -0.2) is 0 Å². The average molecular weight is 494 g/mol. The van der Waals surface area contributed by atoms with E-state index in [-0.39, 0.29) is 5.41 Å². The van der Waals surface area contributed by atoms with Crippen molar-refractivity contribution in [2.45, 2.75) is 39.5 Å². The molecular weight excluding hydrogens is 458 g/mol. The Balaban J connectivity index is 1.42. The molecular formula is C37H35N. The van der Waals surface area contributed by atoms with Gasteiger partial charge in [0.1, 0.15) is 0 Å². The zero-order valence-corrected chi connectivity index (χ0v) is 22.8.